The van der Waals surface area contributed by atoms with Gasteiger partial charge in [-0.2, -0.15) is 0 Å². The molecule has 0 atom stereocenters. The zero-order valence-electron chi connectivity index (χ0n) is 8.80. The predicted octanol–water partition coefficient (Wildman–Crippen LogP) is 1.04. The van der Waals surface area contributed by atoms with Crippen LogP contribution in [0.5, 0.6) is 0 Å². The minimum Gasteiger partial charge on any atom is -0.399 e. The standard InChI is InChI=1S/C12H14N2O2/c13-10-3-4-12(9(6-10)7-15)14-5-1-2-11(14)8-16/h1-6,15-16H,7-8,13H2. The minimum absolute atomic E-state index is 0.0394. The van der Waals surface area contributed by atoms with Crippen LogP contribution in [0.15, 0.2) is 36.5 Å². The summed E-state index contributed by atoms with van der Waals surface area (Å²) in [7, 11) is 0. The fourth-order valence-electron chi connectivity index (χ4n) is 1.75. The summed E-state index contributed by atoms with van der Waals surface area (Å²) >= 11 is 0. The van der Waals surface area contributed by atoms with Crippen molar-refractivity contribution in [1.29, 1.82) is 0 Å². The molecule has 0 amide bonds. The summed E-state index contributed by atoms with van der Waals surface area (Å²) in [6, 6.07) is 9.02. The van der Waals surface area contributed by atoms with Gasteiger partial charge in [-0.1, -0.05) is 0 Å². The molecule has 0 saturated carbocycles. The molecule has 1 aromatic carbocycles. The van der Waals surface area contributed by atoms with Gasteiger partial charge in [0.15, 0.2) is 0 Å². The van der Waals surface area contributed by atoms with Crippen LogP contribution >= 0.6 is 0 Å². The Morgan fingerprint density at radius 2 is 1.94 bits per heavy atom. The Balaban J connectivity index is 2.55. The molecule has 0 radical (unpaired) electrons. The molecule has 2 aromatic rings. The predicted molar refractivity (Wildman–Crippen MR) is 62.0 cm³/mol. The average molecular weight is 218 g/mol. The Bertz CT molecular complexity index is 492. The molecular weight excluding hydrogens is 204 g/mol. The molecule has 0 unspecified atom stereocenters. The summed E-state index contributed by atoms with van der Waals surface area (Å²) in [6.45, 7) is -0.119. The summed E-state index contributed by atoms with van der Waals surface area (Å²) in [5, 5.41) is 18.5. The normalized spacial score (nSPS) is 10.6. The zero-order chi connectivity index (χ0) is 11.5. The highest BCUT2D eigenvalue weighted by molar-refractivity contribution is 5.52. The van der Waals surface area contributed by atoms with Crippen molar-refractivity contribution >= 4 is 5.69 Å². The van der Waals surface area contributed by atoms with E-state index >= 15 is 0 Å². The number of aliphatic hydroxyl groups is 2. The van der Waals surface area contributed by atoms with E-state index in [9.17, 15) is 10.2 Å². The highest BCUT2D eigenvalue weighted by Crippen LogP contribution is 2.20. The molecular formula is C12H14N2O2. The van der Waals surface area contributed by atoms with E-state index in [1.165, 1.54) is 0 Å². The molecule has 4 nitrogen and oxygen atoms in total. The van der Waals surface area contributed by atoms with Crippen LogP contribution < -0.4 is 5.73 Å². The van der Waals surface area contributed by atoms with Gasteiger partial charge in [0.1, 0.15) is 0 Å². The van der Waals surface area contributed by atoms with Crippen LogP contribution in [0.1, 0.15) is 11.3 Å². The van der Waals surface area contributed by atoms with Gasteiger partial charge >= 0.3 is 0 Å². The molecule has 0 fully saturated rings. The molecule has 84 valence electrons. The SMILES string of the molecule is Nc1ccc(-n2cccc2CO)c(CO)c1. The van der Waals surface area contributed by atoms with Gasteiger partial charge in [-0.25, -0.2) is 0 Å². The number of nitrogens with zero attached hydrogens (tertiary/aromatic N) is 1. The van der Waals surface area contributed by atoms with Crippen molar-refractivity contribution in [3.63, 3.8) is 0 Å². The van der Waals surface area contributed by atoms with Gasteiger partial charge in [0.2, 0.25) is 0 Å². The second-order valence-corrected chi connectivity index (χ2v) is 3.57. The van der Waals surface area contributed by atoms with E-state index in [4.69, 9.17) is 5.73 Å². The topological polar surface area (TPSA) is 71.4 Å². The lowest BCUT2D eigenvalue weighted by atomic mass is 10.1. The van der Waals surface area contributed by atoms with Crippen LogP contribution in [0.4, 0.5) is 5.69 Å². The lowest BCUT2D eigenvalue weighted by Gasteiger charge is -2.12. The van der Waals surface area contributed by atoms with Gasteiger partial charge < -0.3 is 20.5 Å². The number of hydrogen-bond donors (Lipinski definition) is 3. The number of aromatic nitrogens is 1. The van der Waals surface area contributed by atoms with Gasteiger partial charge in [-0.15, -0.1) is 0 Å². The maximum absolute atomic E-state index is 9.27. The molecule has 1 aromatic heterocycles. The summed E-state index contributed by atoms with van der Waals surface area (Å²) < 4.78 is 1.84. The fraction of sp³-hybridized carbons (Fsp3) is 0.167. The first kappa shape index (κ1) is 10.7. The second-order valence-electron chi connectivity index (χ2n) is 3.57. The maximum Gasteiger partial charge on any atom is 0.0836 e. The van der Waals surface area contributed by atoms with Crippen molar-refractivity contribution in [2.45, 2.75) is 13.2 Å². The van der Waals surface area contributed by atoms with Crippen LogP contribution in [0.3, 0.4) is 0 Å². The van der Waals surface area contributed by atoms with E-state index < -0.39 is 0 Å². The smallest absolute Gasteiger partial charge is 0.0836 e. The molecule has 2 rings (SSSR count). The minimum atomic E-state index is -0.0799. The number of hydrogen-bond acceptors (Lipinski definition) is 3. The van der Waals surface area contributed by atoms with E-state index in [-0.39, 0.29) is 13.2 Å². The number of nitrogens with two attached hydrogens (primary N) is 1. The molecule has 0 spiro atoms. The third-order valence-corrected chi connectivity index (χ3v) is 2.53. The van der Waals surface area contributed by atoms with Crippen LogP contribution in [-0.4, -0.2) is 14.8 Å². The van der Waals surface area contributed by atoms with Crippen molar-refractivity contribution in [2.24, 2.45) is 0 Å². The van der Waals surface area contributed by atoms with Gasteiger partial charge in [-0.3, -0.25) is 0 Å². The molecule has 4 N–H and O–H groups in total. The van der Waals surface area contributed by atoms with Gasteiger partial charge in [0.25, 0.3) is 0 Å². The van der Waals surface area contributed by atoms with Crippen molar-refractivity contribution < 1.29 is 10.2 Å². The number of aliphatic hydroxyl groups excluding tert-OH is 2. The van der Waals surface area contributed by atoms with Crippen molar-refractivity contribution in [1.82, 2.24) is 4.57 Å². The van der Waals surface area contributed by atoms with E-state index in [0.717, 1.165) is 16.9 Å². The lowest BCUT2D eigenvalue weighted by Crippen LogP contribution is -2.03. The van der Waals surface area contributed by atoms with E-state index in [0.29, 0.717) is 5.69 Å². The van der Waals surface area contributed by atoms with Crippen LogP contribution in [0.25, 0.3) is 5.69 Å². The maximum atomic E-state index is 9.27. The lowest BCUT2D eigenvalue weighted by molar-refractivity contribution is 0.272. The summed E-state index contributed by atoms with van der Waals surface area (Å²) in [5.74, 6) is 0. The highest BCUT2D eigenvalue weighted by Gasteiger charge is 2.07. The Morgan fingerprint density at radius 3 is 2.62 bits per heavy atom. The van der Waals surface area contributed by atoms with Crippen LogP contribution in [-0.2, 0) is 13.2 Å². The molecule has 16 heavy (non-hydrogen) atoms. The van der Waals surface area contributed by atoms with Crippen molar-refractivity contribution in [3.05, 3.63) is 47.8 Å². The molecule has 0 bridgehead atoms. The fourth-order valence-corrected chi connectivity index (χ4v) is 1.75. The first-order chi connectivity index (χ1) is 7.76. The Kier molecular flexibility index (Phi) is 2.94. The molecule has 0 aliphatic carbocycles. The highest BCUT2D eigenvalue weighted by atomic mass is 16.3. The summed E-state index contributed by atoms with van der Waals surface area (Å²) in [6.07, 6.45) is 1.84. The third kappa shape index (κ3) is 1.80. The van der Waals surface area contributed by atoms with Gasteiger partial charge in [0.05, 0.1) is 18.9 Å². The van der Waals surface area contributed by atoms with E-state index in [1.807, 2.05) is 29.0 Å². The quantitative estimate of drug-likeness (QED) is 0.674. The molecule has 1 heterocycles. The Hall–Kier alpha value is -1.78. The monoisotopic (exact) mass is 218 g/mol. The van der Waals surface area contributed by atoms with Crippen molar-refractivity contribution in [3.8, 4) is 5.69 Å². The summed E-state index contributed by atoms with van der Waals surface area (Å²) in [4.78, 5) is 0. The van der Waals surface area contributed by atoms with Crippen LogP contribution in [0.2, 0.25) is 0 Å². The van der Waals surface area contributed by atoms with Crippen LogP contribution in [0, 0.1) is 0 Å². The number of rotatable bonds is 3. The number of benzene rings is 1. The van der Waals surface area contributed by atoms with Gasteiger partial charge in [0, 0.05) is 23.1 Å². The van der Waals surface area contributed by atoms with Crippen molar-refractivity contribution in [2.75, 3.05) is 5.73 Å². The van der Waals surface area contributed by atoms with E-state index in [1.54, 1.807) is 12.1 Å². The van der Waals surface area contributed by atoms with Gasteiger partial charge in [-0.05, 0) is 30.3 Å². The molecule has 0 saturated heterocycles. The second kappa shape index (κ2) is 4.38. The average Bonchev–Trinajstić information content (AvgIpc) is 2.76. The van der Waals surface area contributed by atoms with E-state index in [2.05, 4.69) is 0 Å². The third-order valence-electron chi connectivity index (χ3n) is 2.53. The largest absolute Gasteiger partial charge is 0.399 e. The number of anilines is 1. The summed E-state index contributed by atoms with van der Waals surface area (Å²) in [5.41, 5.74) is 8.63. The first-order valence-corrected chi connectivity index (χ1v) is 5.03. The molecule has 4 heteroatoms. The molecule has 0 aliphatic heterocycles. The Labute approximate surface area is 93.6 Å². The zero-order valence-corrected chi connectivity index (χ0v) is 8.80. The number of nitrogen functional groups attached to an aromatic ring is 1. The first-order valence-electron chi connectivity index (χ1n) is 5.03. The molecule has 0 aliphatic rings. The Morgan fingerprint density at radius 1 is 1.12 bits per heavy atom.